The van der Waals surface area contributed by atoms with Crippen molar-refractivity contribution in [2.75, 3.05) is 46.3 Å². The molecule has 1 aromatic rings. The van der Waals surface area contributed by atoms with E-state index in [4.69, 9.17) is 4.99 Å². The fourth-order valence-corrected chi connectivity index (χ4v) is 5.35. The van der Waals surface area contributed by atoms with Gasteiger partial charge in [-0.15, -0.1) is 24.0 Å². The van der Waals surface area contributed by atoms with Crippen LogP contribution in [-0.2, 0) is 19.4 Å². The standard InChI is InChI=1S/C23H42N8.HI/c1-4-20-27-21-10-9-19(17-31(21)28-20)26-22(24-5-2)25-18-23(11-15-29(3)16-12-23)30-13-7-6-8-14-30;/h19H,4-18H2,1-3H3,(H2,24,25,26);1H. The number of aryl methyl sites for hydroxylation is 2. The molecule has 0 amide bonds. The highest BCUT2D eigenvalue weighted by Crippen LogP contribution is 2.31. The number of likely N-dealkylation sites (tertiary alicyclic amines) is 2. The first-order chi connectivity index (χ1) is 15.1. The quantitative estimate of drug-likeness (QED) is 0.317. The number of aromatic nitrogens is 3. The maximum atomic E-state index is 5.17. The van der Waals surface area contributed by atoms with E-state index in [2.05, 4.69) is 56.1 Å². The Labute approximate surface area is 211 Å². The van der Waals surface area contributed by atoms with E-state index in [0.29, 0.717) is 6.04 Å². The van der Waals surface area contributed by atoms with Crippen LogP contribution in [-0.4, -0.2) is 88.4 Å². The van der Waals surface area contributed by atoms with Gasteiger partial charge in [-0.2, -0.15) is 5.10 Å². The maximum Gasteiger partial charge on any atom is 0.191 e. The van der Waals surface area contributed by atoms with E-state index in [0.717, 1.165) is 56.5 Å². The molecule has 1 unspecified atom stereocenters. The van der Waals surface area contributed by atoms with Crippen LogP contribution in [0.25, 0.3) is 0 Å². The highest BCUT2D eigenvalue weighted by atomic mass is 127. The molecule has 2 fully saturated rings. The predicted molar refractivity (Wildman–Crippen MR) is 141 cm³/mol. The Morgan fingerprint density at radius 1 is 1.12 bits per heavy atom. The summed E-state index contributed by atoms with van der Waals surface area (Å²) in [6.07, 6.45) is 9.45. The monoisotopic (exact) mass is 558 g/mol. The van der Waals surface area contributed by atoms with Gasteiger partial charge in [0.2, 0.25) is 0 Å². The van der Waals surface area contributed by atoms with Gasteiger partial charge in [-0.05, 0) is 72.3 Å². The van der Waals surface area contributed by atoms with E-state index in [9.17, 15) is 0 Å². The van der Waals surface area contributed by atoms with Crippen LogP contribution < -0.4 is 10.6 Å². The van der Waals surface area contributed by atoms with Gasteiger partial charge in [0.15, 0.2) is 11.8 Å². The fourth-order valence-electron chi connectivity index (χ4n) is 5.35. The van der Waals surface area contributed by atoms with Crippen molar-refractivity contribution in [3.05, 3.63) is 11.6 Å². The molecule has 1 atom stereocenters. The lowest BCUT2D eigenvalue weighted by Gasteiger charge is -2.49. The van der Waals surface area contributed by atoms with Gasteiger partial charge in [0.1, 0.15) is 5.82 Å². The third-order valence-electron chi connectivity index (χ3n) is 7.38. The van der Waals surface area contributed by atoms with Crippen LogP contribution in [0.1, 0.15) is 64.0 Å². The van der Waals surface area contributed by atoms with Gasteiger partial charge < -0.3 is 15.5 Å². The van der Waals surface area contributed by atoms with E-state index in [1.165, 1.54) is 58.3 Å². The van der Waals surface area contributed by atoms with Crippen LogP contribution in [0.4, 0.5) is 0 Å². The molecule has 1 aromatic heterocycles. The number of fused-ring (bicyclic) bond motifs is 1. The topological polar surface area (TPSA) is 73.6 Å². The highest BCUT2D eigenvalue weighted by Gasteiger charge is 2.39. The minimum Gasteiger partial charge on any atom is -0.357 e. The summed E-state index contributed by atoms with van der Waals surface area (Å²) in [5.74, 6) is 3.05. The second-order valence-corrected chi connectivity index (χ2v) is 9.63. The Kier molecular flexibility index (Phi) is 9.60. The Balaban J connectivity index is 0.00000289. The van der Waals surface area contributed by atoms with Crippen molar-refractivity contribution in [2.45, 2.75) is 83.3 Å². The van der Waals surface area contributed by atoms with Crippen molar-refractivity contribution in [2.24, 2.45) is 4.99 Å². The molecule has 182 valence electrons. The second-order valence-electron chi connectivity index (χ2n) is 9.63. The minimum absolute atomic E-state index is 0. The molecule has 32 heavy (non-hydrogen) atoms. The van der Waals surface area contributed by atoms with E-state index in [1.54, 1.807) is 0 Å². The van der Waals surface area contributed by atoms with Crippen LogP contribution >= 0.6 is 24.0 Å². The summed E-state index contributed by atoms with van der Waals surface area (Å²) in [5.41, 5.74) is 0.219. The number of hydrogen-bond acceptors (Lipinski definition) is 5. The predicted octanol–water partition coefficient (Wildman–Crippen LogP) is 2.28. The molecule has 0 aromatic carbocycles. The number of aliphatic imine (C=N–C) groups is 1. The molecule has 2 N–H and O–H groups in total. The summed E-state index contributed by atoms with van der Waals surface area (Å²) in [6.45, 7) is 11.7. The molecule has 0 aliphatic carbocycles. The van der Waals surface area contributed by atoms with Gasteiger partial charge in [-0.1, -0.05) is 13.3 Å². The lowest BCUT2D eigenvalue weighted by atomic mass is 9.84. The van der Waals surface area contributed by atoms with Gasteiger partial charge in [0, 0.05) is 31.0 Å². The first kappa shape index (κ1) is 25.7. The molecule has 8 nitrogen and oxygen atoms in total. The summed E-state index contributed by atoms with van der Waals surface area (Å²) in [4.78, 5) is 15.1. The minimum atomic E-state index is 0. The number of piperidine rings is 2. The molecule has 0 spiro atoms. The zero-order chi connectivity index (χ0) is 21.7. The third-order valence-corrected chi connectivity index (χ3v) is 7.38. The lowest BCUT2D eigenvalue weighted by molar-refractivity contribution is 0.0208. The van der Waals surface area contributed by atoms with Crippen LogP contribution in [0.2, 0.25) is 0 Å². The first-order valence-corrected chi connectivity index (χ1v) is 12.5. The van der Waals surface area contributed by atoms with Gasteiger partial charge >= 0.3 is 0 Å². The van der Waals surface area contributed by atoms with Crippen molar-refractivity contribution < 1.29 is 0 Å². The largest absolute Gasteiger partial charge is 0.357 e. The Morgan fingerprint density at radius 3 is 2.56 bits per heavy atom. The van der Waals surface area contributed by atoms with Crippen molar-refractivity contribution in [1.29, 1.82) is 0 Å². The normalized spacial score (nSPS) is 24.5. The highest BCUT2D eigenvalue weighted by molar-refractivity contribution is 14.0. The van der Waals surface area contributed by atoms with Gasteiger partial charge in [0.05, 0.1) is 13.1 Å². The molecule has 0 saturated carbocycles. The molecular formula is C23H43IN8. The number of nitrogens with one attached hydrogen (secondary N) is 2. The molecule has 9 heteroatoms. The Morgan fingerprint density at radius 2 is 1.88 bits per heavy atom. The lowest BCUT2D eigenvalue weighted by Crippen LogP contribution is -2.58. The summed E-state index contributed by atoms with van der Waals surface area (Å²) in [6, 6.07) is 0.347. The number of rotatable bonds is 6. The van der Waals surface area contributed by atoms with Crippen LogP contribution in [0, 0.1) is 0 Å². The van der Waals surface area contributed by atoms with E-state index in [1.807, 2.05) is 0 Å². The number of halogens is 1. The molecule has 0 radical (unpaired) electrons. The van der Waals surface area contributed by atoms with Gasteiger partial charge in [-0.3, -0.25) is 9.89 Å². The van der Waals surface area contributed by atoms with Crippen LogP contribution in [0.15, 0.2) is 4.99 Å². The van der Waals surface area contributed by atoms with Crippen molar-refractivity contribution in [3.8, 4) is 0 Å². The summed E-state index contributed by atoms with van der Waals surface area (Å²) in [5, 5.41) is 11.9. The number of hydrogen-bond donors (Lipinski definition) is 2. The fraction of sp³-hybridized carbons (Fsp3) is 0.870. The second kappa shape index (κ2) is 12.0. The number of nitrogens with zero attached hydrogens (tertiary/aromatic N) is 6. The van der Waals surface area contributed by atoms with Crippen molar-refractivity contribution in [1.82, 2.24) is 35.2 Å². The van der Waals surface area contributed by atoms with Crippen LogP contribution in [0.3, 0.4) is 0 Å². The number of guanidine groups is 1. The van der Waals surface area contributed by atoms with Gasteiger partial charge in [-0.25, -0.2) is 9.67 Å². The third kappa shape index (κ3) is 6.14. The van der Waals surface area contributed by atoms with E-state index >= 15 is 0 Å². The zero-order valence-electron chi connectivity index (χ0n) is 20.3. The molecule has 4 heterocycles. The average Bonchev–Trinajstić information content (AvgIpc) is 3.22. The summed E-state index contributed by atoms with van der Waals surface area (Å²) < 4.78 is 2.09. The maximum absolute atomic E-state index is 5.17. The SMILES string of the molecule is CCNC(=NCC1(N2CCCCC2)CCN(C)CC1)NC1CCc2nc(CC)nn2C1.I. The molecule has 3 aliphatic heterocycles. The molecule has 2 saturated heterocycles. The van der Waals surface area contributed by atoms with Crippen LogP contribution in [0.5, 0.6) is 0 Å². The molecule has 4 rings (SSSR count). The Hall–Kier alpha value is -0.940. The molecule has 3 aliphatic rings. The Bertz CT molecular complexity index is 734. The summed E-state index contributed by atoms with van der Waals surface area (Å²) in [7, 11) is 2.25. The summed E-state index contributed by atoms with van der Waals surface area (Å²) >= 11 is 0. The first-order valence-electron chi connectivity index (χ1n) is 12.5. The van der Waals surface area contributed by atoms with E-state index in [-0.39, 0.29) is 29.5 Å². The molecule has 0 bridgehead atoms. The average molecular weight is 559 g/mol. The van der Waals surface area contributed by atoms with E-state index < -0.39 is 0 Å². The molecular weight excluding hydrogens is 515 g/mol. The van der Waals surface area contributed by atoms with Crippen molar-refractivity contribution in [3.63, 3.8) is 0 Å². The van der Waals surface area contributed by atoms with Gasteiger partial charge in [0.25, 0.3) is 0 Å². The van der Waals surface area contributed by atoms with Crippen molar-refractivity contribution >= 4 is 29.9 Å². The zero-order valence-corrected chi connectivity index (χ0v) is 22.6. The smallest absolute Gasteiger partial charge is 0.191 e.